The van der Waals surface area contributed by atoms with Crippen LogP contribution in [0.25, 0.3) is 0 Å². The van der Waals surface area contributed by atoms with Gasteiger partial charge in [0.05, 0.1) is 0 Å². The van der Waals surface area contributed by atoms with Crippen molar-refractivity contribution in [1.82, 2.24) is 0 Å². The molecule has 0 bridgehead atoms. The number of aromatic nitrogens is 1. The van der Waals surface area contributed by atoms with Gasteiger partial charge >= 0.3 is 0 Å². The number of pyridine rings is 1. The summed E-state index contributed by atoms with van der Waals surface area (Å²) in [6.45, 7) is 8.80. The van der Waals surface area contributed by atoms with Gasteiger partial charge in [0.15, 0.2) is 17.9 Å². The first kappa shape index (κ1) is 9.24. The summed E-state index contributed by atoms with van der Waals surface area (Å²) < 4.78 is 2.23. The lowest BCUT2D eigenvalue weighted by Crippen LogP contribution is -2.49. The van der Waals surface area contributed by atoms with Crippen molar-refractivity contribution in [3.05, 3.63) is 30.1 Å². The third-order valence-corrected chi connectivity index (χ3v) is 2.08. The largest absolute Gasteiger partial charge is 0.201 e. The molecule has 0 amide bonds. The monoisotopic (exact) mass is 164 g/mol. The van der Waals surface area contributed by atoms with Gasteiger partial charge in [0, 0.05) is 32.9 Å². The highest BCUT2D eigenvalue weighted by atomic mass is 15.0. The first-order chi connectivity index (χ1) is 5.54. The molecule has 0 atom stereocenters. The summed E-state index contributed by atoms with van der Waals surface area (Å²) in [6, 6.07) is 4.37. The molecule has 1 rings (SSSR count). The molecule has 0 aliphatic rings. The maximum atomic E-state index is 2.23. The zero-order valence-electron chi connectivity index (χ0n) is 8.46. The lowest BCUT2D eigenvalue weighted by molar-refractivity contribution is -0.754. The summed E-state index contributed by atoms with van der Waals surface area (Å²) in [5.74, 6) is 0. The van der Waals surface area contributed by atoms with Crippen LogP contribution in [-0.4, -0.2) is 0 Å². The lowest BCUT2D eigenvalue weighted by Gasteiger charge is -2.12. The quantitative estimate of drug-likeness (QED) is 0.561. The average Bonchev–Trinajstić information content (AvgIpc) is 2.03. The molecule has 12 heavy (non-hydrogen) atoms. The Morgan fingerprint density at radius 2 is 1.67 bits per heavy atom. The predicted molar refractivity (Wildman–Crippen MR) is 51.0 cm³/mol. The van der Waals surface area contributed by atoms with E-state index in [4.69, 9.17) is 0 Å². The molecule has 0 fully saturated rings. The van der Waals surface area contributed by atoms with Crippen molar-refractivity contribution >= 4 is 0 Å². The first-order valence-corrected chi connectivity index (χ1v) is 4.54. The van der Waals surface area contributed by atoms with E-state index >= 15 is 0 Å². The van der Waals surface area contributed by atoms with E-state index in [9.17, 15) is 0 Å². The van der Waals surface area contributed by atoms with Crippen molar-refractivity contribution in [3.63, 3.8) is 0 Å². The SMILES string of the molecule is CCc1cc[n+](C(C)(C)C)cc1. The van der Waals surface area contributed by atoms with Crippen molar-refractivity contribution in [1.29, 1.82) is 0 Å². The second-order valence-corrected chi connectivity index (χ2v) is 4.14. The number of hydrogen-bond donors (Lipinski definition) is 0. The fraction of sp³-hybridized carbons (Fsp3) is 0.545. The Morgan fingerprint density at radius 1 is 1.17 bits per heavy atom. The van der Waals surface area contributed by atoms with E-state index in [2.05, 4.69) is 56.8 Å². The normalized spacial score (nSPS) is 11.7. The van der Waals surface area contributed by atoms with E-state index in [1.165, 1.54) is 5.56 Å². The average molecular weight is 164 g/mol. The Balaban J connectivity index is 2.93. The Bertz CT molecular complexity index is 241. The van der Waals surface area contributed by atoms with E-state index in [1.807, 2.05) is 0 Å². The Morgan fingerprint density at radius 3 is 2.00 bits per heavy atom. The van der Waals surface area contributed by atoms with Crippen LogP contribution in [0.1, 0.15) is 33.3 Å². The van der Waals surface area contributed by atoms with Crippen molar-refractivity contribution in [2.45, 2.75) is 39.7 Å². The van der Waals surface area contributed by atoms with Crippen LogP contribution in [0, 0.1) is 0 Å². The first-order valence-electron chi connectivity index (χ1n) is 4.54. The minimum absolute atomic E-state index is 0.201. The Labute approximate surface area is 75.1 Å². The molecule has 1 aromatic heterocycles. The zero-order chi connectivity index (χ0) is 9.19. The highest BCUT2D eigenvalue weighted by Crippen LogP contribution is 2.04. The molecule has 1 nitrogen and oxygen atoms in total. The number of hydrogen-bond acceptors (Lipinski definition) is 0. The molecule has 0 saturated carbocycles. The van der Waals surface area contributed by atoms with Crippen molar-refractivity contribution < 1.29 is 4.57 Å². The predicted octanol–water partition coefficient (Wildman–Crippen LogP) is 2.29. The number of nitrogens with zero attached hydrogens (tertiary/aromatic N) is 1. The second-order valence-electron chi connectivity index (χ2n) is 4.14. The number of aryl methyl sites for hydroxylation is 1. The van der Waals surface area contributed by atoms with E-state index < -0.39 is 0 Å². The zero-order valence-corrected chi connectivity index (χ0v) is 8.46. The van der Waals surface area contributed by atoms with E-state index in [0.29, 0.717) is 0 Å². The molecule has 0 N–H and O–H groups in total. The fourth-order valence-corrected chi connectivity index (χ4v) is 1.14. The molecule has 0 spiro atoms. The van der Waals surface area contributed by atoms with Gasteiger partial charge in [0.1, 0.15) is 0 Å². The van der Waals surface area contributed by atoms with Crippen LogP contribution in [0.5, 0.6) is 0 Å². The molecule has 0 aliphatic carbocycles. The summed E-state index contributed by atoms with van der Waals surface area (Å²) in [5, 5.41) is 0. The van der Waals surface area contributed by atoms with Crippen LogP contribution in [0.4, 0.5) is 0 Å². The van der Waals surface area contributed by atoms with Crippen LogP contribution in [-0.2, 0) is 12.0 Å². The van der Waals surface area contributed by atoms with Gasteiger partial charge in [-0.3, -0.25) is 0 Å². The Kier molecular flexibility index (Phi) is 2.51. The third-order valence-electron chi connectivity index (χ3n) is 2.08. The standard InChI is InChI=1S/C11H18N/c1-5-10-6-8-12(9-7-10)11(2,3)4/h6-9H,5H2,1-4H3/q+1. The highest BCUT2D eigenvalue weighted by Gasteiger charge is 2.19. The highest BCUT2D eigenvalue weighted by molar-refractivity contribution is 5.06. The van der Waals surface area contributed by atoms with Gasteiger partial charge in [-0.25, -0.2) is 4.57 Å². The molecule has 1 aromatic rings. The van der Waals surface area contributed by atoms with E-state index in [-0.39, 0.29) is 5.54 Å². The van der Waals surface area contributed by atoms with E-state index in [0.717, 1.165) is 6.42 Å². The van der Waals surface area contributed by atoms with Crippen molar-refractivity contribution in [3.8, 4) is 0 Å². The number of rotatable bonds is 1. The topological polar surface area (TPSA) is 3.88 Å². The van der Waals surface area contributed by atoms with Gasteiger partial charge < -0.3 is 0 Å². The fourth-order valence-electron chi connectivity index (χ4n) is 1.14. The third kappa shape index (κ3) is 2.07. The van der Waals surface area contributed by atoms with Gasteiger partial charge in [-0.2, -0.15) is 0 Å². The minimum atomic E-state index is 0.201. The smallest absolute Gasteiger partial charge is 0.169 e. The molecule has 1 heteroatoms. The second kappa shape index (κ2) is 3.26. The molecule has 0 aromatic carbocycles. The minimum Gasteiger partial charge on any atom is -0.201 e. The Hall–Kier alpha value is -0.850. The van der Waals surface area contributed by atoms with Gasteiger partial charge in [-0.15, -0.1) is 0 Å². The lowest BCUT2D eigenvalue weighted by atomic mass is 10.1. The van der Waals surface area contributed by atoms with Crippen LogP contribution < -0.4 is 4.57 Å². The maximum absolute atomic E-state index is 2.23. The van der Waals surface area contributed by atoms with Gasteiger partial charge in [0.25, 0.3) is 0 Å². The van der Waals surface area contributed by atoms with Crippen LogP contribution in [0.2, 0.25) is 0 Å². The van der Waals surface area contributed by atoms with Crippen LogP contribution in [0.3, 0.4) is 0 Å². The van der Waals surface area contributed by atoms with Gasteiger partial charge in [-0.05, 0) is 12.0 Å². The van der Waals surface area contributed by atoms with E-state index in [1.54, 1.807) is 0 Å². The summed E-state index contributed by atoms with van der Waals surface area (Å²) in [6.07, 6.45) is 5.42. The van der Waals surface area contributed by atoms with Crippen molar-refractivity contribution in [2.24, 2.45) is 0 Å². The maximum Gasteiger partial charge on any atom is 0.169 e. The molecule has 0 saturated heterocycles. The molecule has 1 heterocycles. The molecule has 0 radical (unpaired) electrons. The molecule has 0 aliphatic heterocycles. The van der Waals surface area contributed by atoms with Crippen LogP contribution in [0.15, 0.2) is 24.5 Å². The molecular weight excluding hydrogens is 146 g/mol. The summed E-state index contributed by atoms with van der Waals surface area (Å²) in [5.41, 5.74) is 1.60. The van der Waals surface area contributed by atoms with Gasteiger partial charge in [0.2, 0.25) is 0 Å². The van der Waals surface area contributed by atoms with Crippen LogP contribution >= 0.6 is 0 Å². The van der Waals surface area contributed by atoms with Crippen molar-refractivity contribution in [2.75, 3.05) is 0 Å². The summed E-state index contributed by atoms with van der Waals surface area (Å²) >= 11 is 0. The molecule has 66 valence electrons. The molecular formula is C11H18N+. The summed E-state index contributed by atoms with van der Waals surface area (Å²) in [7, 11) is 0. The van der Waals surface area contributed by atoms with Gasteiger partial charge in [-0.1, -0.05) is 6.92 Å². The molecule has 0 unspecified atom stereocenters. The summed E-state index contributed by atoms with van der Waals surface area (Å²) in [4.78, 5) is 0.